The number of benzene rings is 2. The van der Waals surface area contributed by atoms with Crippen LogP contribution in [0, 0.1) is 11.7 Å². The molecule has 3 nitrogen and oxygen atoms in total. The van der Waals surface area contributed by atoms with Crippen molar-refractivity contribution in [2.75, 3.05) is 6.54 Å². The molecule has 1 N–H and O–H groups in total. The molecule has 0 saturated carbocycles. The average Bonchev–Trinajstić information content (AvgIpc) is 3.13. The Labute approximate surface area is 161 Å². The summed E-state index contributed by atoms with van der Waals surface area (Å²) in [5.74, 6) is -0.225. The number of carbonyl (C=O) groups is 1. The molecule has 1 heterocycles. The monoisotopic (exact) mass is 380 g/mol. The Morgan fingerprint density at radius 2 is 1.89 bits per heavy atom. The van der Waals surface area contributed by atoms with Gasteiger partial charge in [-0.05, 0) is 43.0 Å². The quantitative estimate of drug-likeness (QED) is 0.643. The number of halogens is 1. The topological polar surface area (TPSA) is 42.0 Å². The van der Waals surface area contributed by atoms with E-state index in [1.54, 1.807) is 23.5 Å². The van der Waals surface area contributed by atoms with Gasteiger partial charge in [-0.3, -0.25) is 4.79 Å². The van der Waals surface area contributed by atoms with E-state index in [0.29, 0.717) is 24.9 Å². The van der Waals surface area contributed by atoms with Gasteiger partial charge in [0.2, 0.25) is 5.91 Å². The predicted molar refractivity (Wildman–Crippen MR) is 107 cm³/mol. The number of rotatable bonds is 5. The van der Waals surface area contributed by atoms with Gasteiger partial charge in [0.25, 0.3) is 0 Å². The largest absolute Gasteiger partial charge is 0.355 e. The summed E-state index contributed by atoms with van der Waals surface area (Å²) < 4.78 is 14.9. The smallest absolute Gasteiger partial charge is 0.224 e. The molecule has 0 fully saturated rings. The highest BCUT2D eigenvalue weighted by atomic mass is 32.1. The molecular weight excluding hydrogens is 359 g/mol. The van der Waals surface area contributed by atoms with Gasteiger partial charge in [0.05, 0.1) is 21.1 Å². The third-order valence-electron chi connectivity index (χ3n) is 5.05. The van der Waals surface area contributed by atoms with Gasteiger partial charge in [-0.1, -0.05) is 42.5 Å². The zero-order chi connectivity index (χ0) is 18.6. The van der Waals surface area contributed by atoms with Crippen molar-refractivity contribution in [2.24, 2.45) is 5.92 Å². The van der Waals surface area contributed by atoms with E-state index in [2.05, 4.69) is 23.5 Å². The van der Waals surface area contributed by atoms with Crippen LogP contribution in [0.1, 0.15) is 29.3 Å². The molecule has 0 saturated heterocycles. The molecule has 5 heteroatoms. The van der Waals surface area contributed by atoms with E-state index < -0.39 is 0 Å². The minimum absolute atomic E-state index is 0.0277. The van der Waals surface area contributed by atoms with Gasteiger partial charge in [0.1, 0.15) is 5.82 Å². The lowest BCUT2D eigenvalue weighted by Gasteiger charge is -2.26. The normalized spacial score (nSPS) is 19.3. The summed E-state index contributed by atoms with van der Waals surface area (Å²) in [6.45, 7) is 0.437. The molecule has 2 aromatic carbocycles. The maximum Gasteiger partial charge on any atom is 0.224 e. The number of nitrogens with one attached hydrogen (secondary N) is 1. The van der Waals surface area contributed by atoms with Gasteiger partial charge in [-0.25, -0.2) is 9.37 Å². The number of allylic oxidation sites excluding steroid dienone is 2. The highest BCUT2D eigenvalue weighted by Crippen LogP contribution is 2.38. The highest BCUT2D eigenvalue weighted by molar-refractivity contribution is 7.18. The van der Waals surface area contributed by atoms with E-state index in [1.165, 1.54) is 6.07 Å². The first-order valence-electron chi connectivity index (χ1n) is 9.24. The molecule has 138 valence electrons. The molecule has 0 unspecified atom stereocenters. The molecule has 4 rings (SSSR count). The Morgan fingerprint density at radius 1 is 1.11 bits per heavy atom. The van der Waals surface area contributed by atoms with Crippen molar-refractivity contribution in [1.82, 2.24) is 10.3 Å². The number of thiazole rings is 1. The van der Waals surface area contributed by atoms with Gasteiger partial charge in [-0.15, -0.1) is 11.3 Å². The second-order valence-electron chi connectivity index (χ2n) is 6.81. The minimum atomic E-state index is -0.222. The number of hydrogen-bond acceptors (Lipinski definition) is 3. The summed E-state index contributed by atoms with van der Waals surface area (Å²) in [6, 6.07) is 14.8. The Hall–Kier alpha value is -2.53. The first-order chi connectivity index (χ1) is 13.2. The third-order valence-corrected chi connectivity index (χ3v) is 6.22. The van der Waals surface area contributed by atoms with Crippen LogP contribution in [0.4, 0.5) is 4.39 Å². The lowest BCUT2D eigenvalue weighted by atomic mass is 9.82. The van der Waals surface area contributed by atoms with Crippen molar-refractivity contribution in [1.29, 1.82) is 0 Å². The van der Waals surface area contributed by atoms with E-state index in [0.717, 1.165) is 21.6 Å². The lowest BCUT2D eigenvalue weighted by Crippen LogP contribution is -2.36. The van der Waals surface area contributed by atoms with Crippen molar-refractivity contribution in [3.05, 3.63) is 77.1 Å². The molecule has 1 aliphatic rings. The molecule has 2 atom stereocenters. The zero-order valence-corrected chi connectivity index (χ0v) is 15.7. The van der Waals surface area contributed by atoms with E-state index in [9.17, 15) is 9.18 Å². The molecule has 0 aliphatic heterocycles. The standard InChI is InChI=1S/C22H21FN2OS/c23-18-10-4-1-7-15(18)13-14-24-21(26)16-8-2-3-9-17(16)22-25-19-11-5-6-12-20(19)27-22/h1-7,10-12,16-17H,8-9,13-14H2,(H,24,26)/t16-,17+/m1/s1. The summed E-state index contributed by atoms with van der Waals surface area (Å²) in [7, 11) is 0. The summed E-state index contributed by atoms with van der Waals surface area (Å²) in [4.78, 5) is 17.6. The van der Waals surface area contributed by atoms with Crippen LogP contribution in [-0.4, -0.2) is 17.4 Å². The van der Waals surface area contributed by atoms with Crippen molar-refractivity contribution in [3.8, 4) is 0 Å². The van der Waals surface area contributed by atoms with Crippen LogP contribution < -0.4 is 5.32 Å². The fraction of sp³-hybridized carbons (Fsp3) is 0.273. The van der Waals surface area contributed by atoms with Gasteiger partial charge in [-0.2, -0.15) is 0 Å². The second kappa shape index (κ2) is 8.01. The molecule has 0 radical (unpaired) electrons. The van der Waals surface area contributed by atoms with Crippen LogP contribution in [0.25, 0.3) is 10.2 Å². The van der Waals surface area contributed by atoms with Crippen molar-refractivity contribution >= 4 is 27.5 Å². The van der Waals surface area contributed by atoms with E-state index >= 15 is 0 Å². The Morgan fingerprint density at radius 3 is 2.74 bits per heavy atom. The molecule has 1 aliphatic carbocycles. The average molecular weight is 380 g/mol. The fourth-order valence-electron chi connectivity index (χ4n) is 3.58. The lowest BCUT2D eigenvalue weighted by molar-refractivity contribution is -0.125. The summed E-state index contributed by atoms with van der Waals surface area (Å²) in [6.07, 6.45) is 6.24. The number of nitrogens with zero attached hydrogens (tertiary/aromatic N) is 1. The molecule has 27 heavy (non-hydrogen) atoms. The fourth-order valence-corrected chi connectivity index (χ4v) is 4.72. The molecule has 0 spiro atoms. The number of amides is 1. The molecule has 1 aromatic heterocycles. The van der Waals surface area contributed by atoms with Crippen LogP contribution in [0.3, 0.4) is 0 Å². The first kappa shape index (κ1) is 17.9. The van der Waals surface area contributed by atoms with Crippen LogP contribution in [0.15, 0.2) is 60.7 Å². The summed E-state index contributed by atoms with van der Waals surface area (Å²) in [5.41, 5.74) is 1.62. The molecular formula is C22H21FN2OS. The van der Waals surface area contributed by atoms with Crippen molar-refractivity contribution in [3.63, 3.8) is 0 Å². The molecule has 1 amide bonds. The Kier molecular flexibility index (Phi) is 5.30. The summed E-state index contributed by atoms with van der Waals surface area (Å²) >= 11 is 1.67. The third kappa shape index (κ3) is 3.93. The number of fused-ring (bicyclic) bond motifs is 1. The predicted octanol–water partition coefficient (Wildman–Crippen LogP) is 4.84. The SMILES string of the molecule is O=C(NCCc1ccccc1F)[C@@H]1CC=CC[C@@H]1c1nc2ccccc2s1. The van der Waals surface area contributed by atoms with E-state index in [-0.39, 0.29) is 23.6 Å². The number of carbonyl (C=O) groups excluding carboxylic acids is 1. The summed E-state index contributed by atoms with van der Waals surface area (Å²) in [5, 5.41) is 4.02. The van der Waals surface area contributed by atoms with Crippen LogP contribution in [0.2, 0.25) is 0 Å². The van der Waals surface area contributed by atoms with Gasteiger partial charge >= 0.3 is 0 Å². The van der Waals surface area contributed by atoms with Crippen LogP contribution in [0.5, 0.6) is 0 Å². The highest BCUT2D eigenvalue weighted by Gasteiger charge is 2.32. The number of para-hydroxylation sites is 1. The van der Waals surface area contributed by atoms with Gasteiger partial charge < -0.3 is 5.32 Å². The van der Waals surface area contributed by atoms with Crippen LogP contribution in [-0.2, 0) is 11.2 Å². The second-order valence-corrected chi connectivity index (χ2v) is 7.87. The van der Waals surface area contributed by atoms with Crippen LogP contribution >= 0.6 is 11.3 Å². The molecule has 3 aromatic rings. The van der Waals surface area contributed by atoms with E-state index in [1.807, 2.05) is 24.3 Å². The van der Waals surface area contributed by atoms with Gasteiger partial charge in [0, 0.05) is 12.5 Å². The molecule has 0 bridgehead atoms. The first-order valence-corrected chi connectivity index (χ1v) is 10.1. The van der Waals surface area contributed by atoms with Gasteiger partial charge in [0.15, 0.2) is 0 Å². The van der Waals surface area contributed by atoms with Crippen molar-refractivity contribution in [2.45, 2.75) is 25.2 Å². The Bertz CT molecular complexity index is 948. The van der Waals surface area contributed by atoms with E-state index in [4.69, 9.17) is 4.98 Å². The number of hydrogen-bond donors (Lipinski definition) is 1. The Balaban J connectivity index is 1.44. The zero-order valence-electron chi connectivity index (χ0n) is 14.9. The maximum absolute atomic E-state index is 13.7. The van der Waals surface area contributed by atoms with Crippen molar-refractivity contribution < 1.29 is 9.18 Å². The number of aromatic nitrogens is 1. The minimum Gasteiger partial charge on any atom is -0.355 e. The maximum atomic E-state index is 13.7.